The predicted octanol–water partition coefficient (Wildman–Crippen LogP) is 18.2. The number of carbonyl (C=O) groups is 3. The molecule has 6 nitrogen and oxygen atoms in total. The normalized spacial score (nSPS) is 12.6. The van der Waals surface area contributed by atoms with Gasteiger partial charge in [0.05, 0.1) is 0 Å². The standard InChI is InChI=1S/C59H102O6/c1-4-7-10-13-16-19-22-25-27-29-31-34-37-40-43-46-49-52-58(61)64-55-56(54-63-57(60)51-48-45-42-39-36-33-24-21-18-15-12-9-6-3)65-59(62)53-50-47-44-41-38-35-32-30-28-26-23-20-17-14-11-8-5-2/h16,19,25-28,31-32,34-35,41,44,56H,4-15,17-18,20-24,29-30,33,36-40,42-43,45-55H2,1-3H3/b19-16-,27-25-,28-26-,34-31-,35-32-,44-41-/t56-/m0/s1. The Bertz CT molecular complexity index is 1230. The van der Waals surface area contributed by atoms with Gasteiger partial charge in [0.2, 0.25) is 0 Å². The van der Waals surface area contributed by atoms with Crippen LogP contribution in [-0.4, -0.2) is 37.2 Å². The molecule has 0 aliphatic carbocycles. The SMILES string of the molecule is CCCCC/C=C\C/C=C\C/C=C\CCCCCCC(=O)OC[C@H](COC(=O)CCCCCCCCCCCCCCC)OC(=O)CCC/C=C\C/C=C\C/C=C\CCCCCCCC. The highest BCUT2D eigenvalue weighted by molar-refractivity contribution is 5.71. The summed E-state index contributed by atoms with van der Waals surface area (Å²) < 4.78 is 16.8. The van der Waals surface area contributed by atoms with Crippen LogP contribution in [0.5, 0.6) is 0 Å². The van der Waals surface area contributed by atoms with Gasteiger partial charge in [0.1, 0.15) is 13.2 Å². The number of allylic oxidation sites excluding steroid dienone is 12. The third kappa shape index (κ3) is 51.7. The Labute approximate surface area is 402 Å². The Morgan fingerprint density at radius 2 is 0.569 bits per heavy atom. The van der Waals surface area contributed by atoms with Crippen LogP contribution in [0.1, 0.15) is 265 Å². The van der Waals surface area contributed by atoms with E-state index in [0.29, 0.717) is 19.3 Å². The van der Waals surface area contributed by atoms with Crippen molar-refractivity contribution in [3.63, 3.8) is 0 Å². The Balaban J connectivity index is 4.49. The molecule has 0 radical (unpaired) electrons. The van der Waals surface area contributed by atoms with Gasteiger partial charge in [-0.15, -0.1) is 0 Å². The summed E-state index contributed by atoms with van der Waals surface area (Å²) >= 11 is 0. The highest BCUT2D eigenvalue weighted by Crippen LogP contribution is 2.14. The molecule has 0 aromatic heterocycles. The van der Waals surface area contributed by atoms with E-state index in [0.717, 1.165) is 83.5 Å². The second kappa shape index (κ2) is 53.5. The monoisotopic (exact) mass is 907 g/mol. The van der Waals surface area contributed by atoms with Gasteiger partial charge in [0.15, 0.2) is 6.10 Å². The maximum Gasteiger partial charge on any atom is 0.306 e. The zero-order valence-corrected chi connectivity index (χ0v) is 42.7. The van der Waals surface area contributed by atoms with Gasteiger partial charge in [-0.3, -0.25) is 14.4 Å². The van der Waals surface area contributed by atoms with Crippen LogP contribution >= 0.6 is 0 Å². The topological polar surface area (TPSA) is 78.9 Å². The van der Waals surface area contributed by atoms with Crippen molar-refractivity contribution in [1.29, 1.82) is 0 Å². The lowest BCUT2D eigenvalue weighted by molar-refractivity contribution is -0.167. The largest absolute Gasteiger partial charge is 0.462 e. The molecule has 0 saturated carbocycles. The summed E-state index contributed by atoms with van der Waals surface area (Å²) in [5, 5.41) is 0. The maximum atomic E-state index is 12.8. The van der Waals surface area contributed by atoms with Crippen LogP contribution in [0, 0.1) is 0 Å². The molecule has 0 rings (SSSR count). The molecule has 0 aliphatic heterocycles. The molecule has 0 amide bonds. The molecule has 374 valence electrons. The minimum atomic E-state index is -0.809. The van der Waals surface area contributed by atoms with Crippen molar-refractivity contribution < 1.29 is 28.6 Å². The number of esters is 3. The number of ether oxygens (including phenoxy) is 3. The summed E-state index contributed by atoms with van der Waals surface area (Å²) in [4.78, 5) is 38.0. The van der Waals surface area contributed by atoms with E-state index in [9.17, 15) is 14.4 Å². The fourth-order valence-electron chi connectivity index (χ4n) is 7.52. The molecule has 0 aromatic rings. The van der Waals surface area contributed by atoms with Crippen molar-refractivity contribution in [3.05, 3.63) is 72.9 Å². The second-order valence-corrected chi connectivity index (χ2v) is 18.1. The first-order valence-corrected chi connectivity index (χ1v) is 27.4. The van der Waals surface area contributed by atoms with Crippen molar-refractivity contribution in [3.8, 4) is 0 Å². The first-order chi connectivity index (χ1) is 32.0. The molecule has 0 heterocycles. The van der Waals surface area contributed by atoms with Gasteiger partial charge in [-0.1, -0.05) is 229 Å². The van der Waals surface area contributed by atoms with Crippen LogP contribution in [0.25, 0.3) is 0 Å². The highest BCUT2D eigenvalue weighted by atomic mass is 16.6. The molecule has 0 aromatic carbocycles. The lowest BCUT2D eigenvalue weighted by Crippen LogP contribution is -2.30. The smallest absolute Gasteiger partial charge is 0.306 e. The van der Waals surface area contributed by atoms with Crippen molar-refractivity contribution in [2.24, 2.45) is 0 Å². The Hall–Kier alpha value is -3.15. The first-order valence-electron chi connectivity index (χ1n) is 27.4. The van der Waals surface area contributed by atoms with Crippen LogP contribution in [0.4, 0.5) is 0 Å². The Morgan fingerprint density at radius 3 is 0.938 bits per heavy atom. The van der Waals surface area contributed by atoms with Gasteiger partial charge >= 0.3 is 17.9 Å². The highest BCUT2D eigenvalue weighted by Gasteiger charge is 2.19. The van der Waals surface area contributed by atoms with Crippen molar-refractivity contribution in [2.75, 3.05) is 13.2 Å². The summed E-state index contributed by atoms with van der Waals surface area (Å²) in [6.45, 7) is 6.55. The van der Waals surface area contributed by atoms with E-state index in [-0.39, 0.29) is 37.5 Å². The van der Waals surface area contributed by atoms with Crippen LogP contribution in [0.15, 0.2) is 72.9 Å². The fraction of sp³-hybridized carbons (Fsp3) is 0.746. The summed E-state index contributed by atoms with van der Waals surface area (Å²) in [6, 6.07) is 0. The average molecular weight is 907 g/mol. The third-order valence-corrected chi connectivity index (χ3v) is 11.7. The first kappa shape index (κ1) is 61.9. The average Bonchev–Trinajstić information content (AvgIpc) is 3.30. The van der Waals surface area contributed by atoms with Gasteiger partial charge in [-0.05, 0) is 89.9 Å². The zero-order chi connectivity index (χ0) is 47.2. The fourth-order valence-corrected chi connectivity index (χ4v) is 7.52. The summed E-state index contributed by atoms with van der Waals surface area (Å²) in [5.74, 6) is -0.971. The number of unbranched alkanes of at least 4 members (excludes halogenated alkanes) is 26. The molecule has 0 fully saturated rings. The number of carbonyl (C=O) groups excluding carboxylic acids is 3. The van der Waals surface area contributed by atoms with Gasteiger partial charge in [-0.2, -0.15) is 0 Å². The molecule has 6 heteroatoms. The van der Waals surface area contributed by atoms with Gasteiger partial charge in [0.25, 0.3) is 0 Å². The summed E-state index contributed by atoms with van der Waals surface area (Å²) in [5.41, 5.74) is 0. The minimum absolute atomic E-state index is 0.101. The summed E-state index contributed by atoms with van der Waals surface area (Å²) in [6.07, 6.45) is 67.5. The maximum absolute atomic E-state index is 12.8. The van der Waals surface area contributed by atoms with Crippen LogP contribution in [0.2, 0.25) is 0 Å². The molecule has 1 atom stereocenters. The van der Waals surface area contributed by atoms with E-state index >= 15 is 0 Å². The van der Waals surface area contributed by atoms with Gasteiger partial charge in [0, 0.05) is 19.3 Å². The van der Waals surface area contributed by atoms with E-state index in [4.69, 9.17) is 14.2 Å². The van der Waals surface area contributed by atoms with Crippen LogP contribution in [0.3, 0.4) is 0 Å². The van der Waals surface area contributed by atoms with E-state index in [1.54, 1.807) is 0 Å². The van der Waals surface area contributed by atoms with E-state index in [1.165, 1.54) is 135 Å². The molecule has 0 aliphatic rings. The van der Waals surface area contributed by atoms with E-state index in [1.807, 2.05) is 0 Å². The molecule has 0 saturated heterocycles. The van der Waals surface area contributed by atoms with Gasteiger partial charge in [-0.25, -0.2) is 0 Å². The van der Waals surface area contributed by atoms with E-state index in [2.05, 4.69) is 93.7 Å². The van der Waals surface area contributed by atoms with Gasteiger partial charge < -0.3 is 14.2 Å². The number of hydrogen-bond donors (Lipinski definition) is 0. The second-order valence-electron chi connectivity index (χ2n) is 18.1. The molecule has 0 spiro atoms. The molecular weight excluding hydrogens is 805 g/mol. The summed E-state index contributed by atoms with van der Waals surface area (Å²) in [7, 11) is 0. The van der Waals surface area contributed by atoms with E-state index < -0.39 is 6.10 Å². The van der Waals surface area contributed by atoms with Crippen molar-refractivity contribution in [1.82, 2.24) is 0 Å². The molecular formula is C59H102O6. The number of hydrogen-bond acceptors (Lipinski definition) is 6. The zero-order valence-electron chi connectivity index (χ0n) is 42.7. The molecule has 0 bridgehead atoms. The lowest BCUT2D eigenvalue weighted by Gasteiger charge is -2.18. The van der Waals surface area contributed by atoms with Crippen LogP contribution in [-0.2, 0) is 28.6 Å². The third-order valence-electron chi connectivity index (χ3n) is 11.7. The minimum Gasteiger partial charge on any atom is -0.462 e. The number of rotatable bonds is 49. The Kier molecular flexibility index (Phi) is 50.9. The molecule has 0 N–H and O–H groups in total. The predicted molar refractivity (Wildman–Crippen MR) is 279 cm³/mol. The lowest BCUT2D eigenvalue weighted by atomic mass is 10.0. The quantitative estimate of drug-likeness (QED) is 0.0262. The van der Waals surface area contributed by atoms with Crippen molar-refractivity contribution in [2.45, 2.75) is 271 Å². The van der Waals surface area contributed by atoms with Crippen LogP contribution < -0.4 is 0 Å². The van der Waals surface area contributed by atoms with Crippen molar-refractivity contribution >= 4 is 17.9 Å². The Morgan fingerprint density at radius 1 is 0.308 bits per heavy atom. The molecule has 65 heavy (non-hydrogen) atoms. The molecule has 0 unspecified atom stereocenters.